The molecule has 142 valence electrons. The summed E-state index contributed by atoms with van der Waals surface area (Å²) >= 11 is 0. The van der Waals surface area contributed by atoms with Crippen molar-refractivity contribution in [1.82, 2.24) is 20.3 Å². The Bertz CT molecular complexity index is 1090. The van der Waals surface area contributed by atoms with E-state index in [1.165, 1.54) is 17.3 Å². The van der Waals surface area contributed by atoms with Gasteiger partial charge in [-0.05, 0) is 55.5 Å². The molecule has 6 nitrogen and oxygen atoms in total. The number of hydrogen-bond donors (Lipinski definition) is 2. The molecule has 0 aliphatic heterocycles. The maximum atomic E-state index is 12.5. The van der Waals surface area contributed by atoms with Crippen LogP contribution in [0, 0.1) is 6.92 Å². The molecule has 2 aromatic heterocycles. The first-order valence-corrected chi connectivity index (χ1v) is 9.53. The molecule has 1 amide bonds. The second kappa shape index (κ2) is 7.76. The van der Waals surface area contributed by atoms with Gasteiger partial charge in [-0.25, -0.2) is 9.97 Å². The fourth-order valence-corrected chi connectivity index (χ4v) is 3.63. The lowest BCUT2D eigenvalue weighted by molar-refractivity contribution is 0.0954. The second-order valence-electron chi connectivity index (χ2n) is 7.02. The number of aromatic nitrogens is 3. The van der Waals surface area contributed by atoms with Gasteiger partial charge in [0.1, 0.15) is 5.82 Å². The van der Waals surface area contributed by atoms with E-state index in [-0.39, 0.29) is 11.5 Å². The standard InChI is InChI=1S/C22H22N4O2/c1-14-17-7-3-9-19(17)25-20(24-14)11-12-23-22(28)16-6-2-5-15(13-16)18-8-4-10-21(27)26-18/h2,4-6,8,10,13H,3,7,9,11-12H2,1H3,(H,23,28)(H,26,27). The molecule has 0 spiro atoms. The maximum absolute atomic E-state index is 12.5. The highest BCUT2D eigenvalue weighted by atomic mass is 16.1. The lowest BCUT2D eigenvalue weighted by Gasteiger charge is -2.09. The molecule has 6 heteroatoms. The average Bonchev–Trinajstić information content (AvgIpc) is 3.17. The van der Waals surface area contributed by atoms with Crippen molar-refractivity contribution < 1.29 is 4.79 Å². The lowest BCUT2D eigenvalue weighted by Crippen LogP contribution is -2.26. The number of H-pyrrole nitrogens is 1. The molecule has 2 N–H and O–H groups in total. The molecule has 28 heavy (non-hydrogen) atoms. The molecule has 0 fully saturated rings. The Hall–Kier alpha value is -3.28. The van der Waals surface area contributed by atoms with Crippen LogP contribution in [-0.4, -0.2) is 27.4 Å². The minimum absolute atomic E-state index is 0.155. The zero-order valence-electron chi connectivity index (χ0n) is 15.8. The Morgan fingerprint density at radius 3 is 2.86 bits per heavy atom. The molecule has 0 radical (unpaired) electrons. The molecule has 0 saturated carbocycles. The molecule has 1 aromatic carbocycles. The summed E-state index contributed by atoms with van der Waals surface area (Å²) in [7, 11) is 0. The van der Waals surface area contributed by atoms with Crippen LogP contribution in [0.2, 0.25) is 0 Å². The van der Waals surface area contributed by atoms with Crippen molar-refractivity contribution >= 4 is 5.91 Å². The number of nitrogens with zero attached hydrogens (tertiary/aromatic N) is 2. The van der Waals surface area contributed by atoms with Crippen molar-refractivity contribution in [2.45, 2.75) is 32.6 Å². The number of pyridine rings is 1. The highest BCUT2D eigenvalue weighted by Gasteiger charge is 2.17. The van der Waals surface area contributed by atoms with Gasteiger partial charge in [-0.1, -0.05) is 18.2 Å². The predicted molar refractivity (Wildman–Crippen MR) is 107 cm³/mol. The van der Waals surface area contributed by atoms with Crippen molar-refractivity contribution in [1.29, 1.82) is 0 Å². The van der Waals surface area contributed by atoms with E-state index in [4.69, 9.17) is 0 Å². The Balaban J connectivity index is 1.41. The predicted octanol–water partition coefficient (Wildman–Crippen LogP) is 2.60. The van der Waals surface area contributed by atoms with Crippen molar-refractivity contribution in [2.75, 3.05) is 6.54 Å². The van der Waals surface area contributed by atoms with Crippen molar-refractivity contribution in [3.8, 4) is 11.3 Å². The van der Waals surface area contributed by atoms with Gasteiger partial charge in [0.2, 0.25) is 5.56 Å². The smallest absolute Gasteiger partial charge is 0.251 e. The molecule has 4 rings (SSSR count). The summed E-state index contributed by atoms with van der Waals surface area (Å²) in [6, 6.07) is 12.2. The fourth-order valence-electron chi connectivity index (χ4n) is 3.63. The summed E-state index contributed by atoms with van der Waals surface area (Å²) in [6.07, 6.45) is 3.84. The number of carbonyl (C=O) groups excluding carboxylic acids is 1. The topological polar surface area (TPSA) is 87.7 Å². The van der Waals surface area contributed by atoms with Crippen LogP contribution in [0.15, 0.2) is 47.3 Å². The SMILES string of the molecule is Cc1nc(CCNC(=O)c2cccc(-c3cccc(=O)[nH]3)c2)nc2c1CCC2. The molecule has 0 atom stereocenters. The third-order valence-electron chi connectivity index (χ3n) is 5.02. The van der Waals surface area contributed by atoms with Gasteiger partial charge in [0.15, 0.2) is 0 Å². The van der Waals surface area contributed by atoms with E-state index in [1.807, 2.05) is 25.1 Å². The molecule has 2 heterocycles. The number of benzene rings is 1. The van der Waals surface area contributed by atoms with Crippen LogP contribution in [0.5, 0.6) is 0 Å². The Labute approximate surface area is 163 Å². The third-order valence-corrected chi connectivity index (χ3v) is 5.02. The fraction of sp³-hybridized carbons (Fsp3) is 0.273. The lowest BCUT2D eigenvalue weighted by atomic mass is 10.1. The summed E-state index contributed by atoms with van der Waals surface area (Å²) < 4.78 is 0. The summed E-state index contributed by atoms with van der Waals surface area (Å²) in [5, 5.41) is 2.93. The maximum Gasteiger partial charge on any atom is 0.251 e. The first-order valence-electron chi connectivity index (χ1n) is 9.53. The van der Waals surface area contributed by atoms with Crippen LogP contribution in [-0.2, 0) is 19.3 Å². The highest BCUT2D eigenvalue weighted by Crippen LogP contribution is 2.22. The average molecular weight is 374 g/mol. The van der Waals surface area contributed by atoms with E-state index in [0.29, 0.717) is 24.2 Å². The number of hydrogen-bond acceptors (Lipinski definition) is 4. The van der Waals surface area contributed by atoms with Gasteiger partial charge in [-0.2, -0.15) is 0 Å². The van der Waals surface area contributed by atoms with Crippen LogP contribution in [0.1, 0.15) is 39.6 Å². The molecular formula is C22H22N4O2. The summed E-state index contributed by atoms with van der Waals surface area (Å²) in [5.41, 5.74) is 5.38. The van der Waals surface area contributed by atoms with Crippen molar-refractivity contribution in [2.24, 2.45) is 0 Å². The zero-order valence-corrected chi connectivity index (χ0v) is 15.8. The number of fused-ring (bicyclic) bond motifs is 1. The van der Waals surface area contributed by atoms with Gasteiger partial charge in [-0.15, -0.1) is 0 Å². The molecule has 0 bridgehead atoms. The van der Waals surface area contributed by atoms with E-state index < -0.39 is 0 Å². The van der Waals surface area contributed by atoms with E-state index in [2.05, 4.69) is 20.3 Å². The summed E-state index contributed by atoms with van der Waals surface area (Å²) in [6.45, 7) is 2.51. The summed E-state index contributed by atoms with van der Waals surface area (Å²) in [4.78, 5) is 36.0. The van der Waals surface area contributed by atoms with Crippen LogP contribution in [0.3, 0.4) is 0 Å². The third kappa shape index (κ3) is 3.86. The minimum Gasteiger partial charge on any atom is -0.352 e. The monoisotopic (exact) mass is 374 g/mol. The van der Waals surface area contributed by atoms with Gasteiger partial charge in [0, 0.05) is 41.7 Å². The number of nitrogens with one attached hydrogen (secondary N) is 2. The largest absolute Gasteiger partial charge is 0.352 e. The first-order chi connectivity index (χ1) is 13.6. The Kier molecular flexibility index (Phi) is 5.02. The van der Waals surface area contributed by atoms with Crippen molar-refractivity contribution in [3.05, 3.63) is 81.2 Å². The Morgan fingerprint density at radius 1 is 1.14 bits per heavy atom. The minimum atomic E-state index is -0.169. The van der Waals surface area contributed by atoms with Crippen LogP contribution in [0.25, 0.3) is 11.3 Å². The summed E-state index contributed by atoms with van der Waals surface area (Å²) in [5.74, 6) is 0.632. The molecule has 1 aliphatic carbocycles. The van der Waals surface area contributed by atoms with Crippen LogP contribution >= 0.6 is 0 Å². The second-order valence-corrected chi connectivity index (χ2v) is 7.02. The van der Waals surface area contributed by atoms with Gasteiger partial charge in [0.05, 0.1) is 0 Å². The molecule has 3 aromatic rings. The van der Waals surface area contributed by atoms with Gasteiger partial charge in [0.25, 0.3) is 5.91 Å². The quantitative estimate of drug-likeness (QED) is 0.719. The molecule has 1 aliphatic rings. The normalized spacial score (nSPS) is 12.6. The van der Waals surface area contributed by atoms with Crippen LogP contribution < -0.4 is 10.9 Å². The van der Waals surface area contributed by atoms with Crippen molar-refractivity contribution in [3.63, 3.8) is 0 Å². The molecule has 0 unspecified atom stereocenters. The Morgan fingerprint density at radius 2 is 2.00 bits per heavy atom. The molecular weight excluding hydrogens is 352 g/mol. The van der Waals surface area contributed by atoms with E-state index in [0.717, 1.165) is 36.3 Å². The van der Waals surface area contributed by atoms with E-state index in [1.54, 1.807) is 18.2 Å². The van der Waals surface area contributed by atoms with E-state index >= 15 is 0 Å². The van der Waals surface area contributed by atoms with Gasteiger partial charge >= 0.3 is 0 Å². The zero-order chi connectivity index (χ0) is 19.5. The molecule has 0 saturated heterocycles. The number of rotatable bonds is 5. The number of carbonyl (C=O) groups is 1. The number of aryl methyl sites for hydroxylation is 2. The number of amides is 1. The van der Waals surface area contributed by atoms with Gasteiger partial charge < -0.3 is 10.3 Å². The van der Waals surface area contributed by atoms with Gasteiger partial charge in [-0.3, -0.25) is 9.59 Å². The van der Waals surface area contributed by atoms with E-state index in [9.17, 15) is 9.59 Å². The number of aromatic amines is 1. The highest BCUT2D eigenvalue weighted by molar-refractivity contribution is 5.95. The first kappa shape index (κ1) is 18.1. The van der Waals surface area contributed by atoms with Crippen LogP contribution in [0.4, 0.5) is 0 Å².